The van der Waals surface area contributed by atoms with E-state index in [-0.39, 0.29) is 25.5 Å². The molecule has 0 aliphatic heterocycles. The maximum atomic E-state index is 11.7. The molecule has 0 spiro atoms. The second kappa shape index (κ2) is 15.0. The third-order valence-electron chi connectivity index (χ3n) is 4.54. The van der Waals surface area contributed by atoms with Crippen LogP contribution < -0.4 is 5.32 Å². The van der Waals surface area contributed by atoms with Gasteiger partial charge in [0.25, 0.3) is 0 Å². The minimum atomic E-state index is -1.31. The summed E-state index contributed by atoms with van der Waals surface area (Å²) in [5.41, 5.74) is -0.916. The average molecular weight is 374 g/mol. The highest BCUT2D eigenvalue weighted by atomic mass is 16.5. The summed E-state index contributed by atoms with van der Waals surface area (Å²) in [7, 11) is 0. The predicted molar refractivity (Wildman–Crippen MR) is 103 cm³/mol. The van der Waals surface area contributed by atoms with E-state index in [1.807, 2.05) is 0 Å². The van der Waals surface area contributed by atoms with Gasteiger partial charge < -0.3 is 20.3 Å². The summed E-state index contributed by atoms with van der Waals surface area (Å²) in [6, 6.07) is 0. The molecule has 26 heavy (non-hydrogen) atoms. The number of ether oxygens (including phenoxy) is 1. The van der Waals surface area contributed by atoms with E-state index >= 15 is 0 Å². The Bertz CT molecular complexity index is 384. The van der Waals surface area contributed by atoms with Crippen molar-refractivity contribution in [2.24, 2.45) is 5.41 Å². The van der Waals surface area contributed by atoms with Crippen LogP contribution in [0.2, 0.25) is 0 Å². The lowest BCUT2D eigenvalue weighted by Gasteiger charge is -2.27. The standard InChI is InChI=1S/C20H39NO5/c1-4-5-6-7-8-9-10-11-12-15-26-17(23)13-14-21-19(25)18(24)20(2,3)16-22/h18,22,24H,4-16H2,1-3H3,(H,21,25)/t18-/m0/s1. The van der Waals surface area contributed by atoms with E-state index in [1.165, 1.54) is 44.9 Å². The number of aliphatic hydroxyl groups is 2. The Morgan fingerprint density at radius 2 is 1.54 bits per heavy atom. The summed E-state index contributed by atoms with van der Waals surface area (Å²) in [6.07, 6.45) is 9.67. The zero-order valence-electron chi connectivity index (χ0n) is 16.9. The van der Waals surface area contributed by atoms with Crippen molar-refractivity contribution >= 4 is 11.9 Å². The fourth-order valence-corrected chi connectivity index (χ4v) is 2.50. The number of carbonyl (C=O) groups excluding carboxylic acids is 2. The molecule has 1 amide bonds. The average Bonchev–Trinajstić information content (AvgIpc) is 2.62. The highest BCUT2D eigenvalue weighted by Crippen LogP contribution is 2.19. The van der Waals surface area contributed by atoms with Crippen molar-refractivity contribution in [2.75, 3.05) is 19.8 Å². The number of aliphatic hydroxyl groups excluding tert-OH is 2. The second-order valence-corrected chi connectivity index (χ2v) is 7.64. The van der Waals surface area contributed by atoms with Crippen molar-refractivity contribution in [3.05, 3.63) is 0 Å². The Hall–Kier alpha value is -1.14. The lowest BCUT2D eigenvalue weighted by atomic mass is 9.87. The highest BCUT2D eigenvalue weighted by molar-refractivity contribution is 5.81. The van der Waals surface area contributed by atoms with E-state index < -0.39 is 17.4 Å². The summed E-state index contributed by atoms with van der Waals surface area (Å²) >= 11 is 0. The molecule has 0 rings (SSSR count). The van der Waals surface area contributed by atoms with Gasteiger partial charge in [-0.05, 0) is 6.42 Å². The molecular weight excluding hydrogens is 334 g/mol. The van der Waals surface area contributed by atoms with Crippen molar-refractivity contribution in [3.63, 3.8) is 0 Å². The Kier molecular flexibility index (Phi) is 14.3. The van der Waals surface area contributed by atoms with E-state index in [1.54, 1.807) is 13.8 Å². The number of hydrogen-bond donors (Lipinski definition) is 3. The van der Waals surface area contributed by atoms with Crippen LogP contribution in [0.5, 0.6) is 0 Å². The molecule has 0 aromatic rings. The number of unbranched alkanes of at least 4 members (excludes halogenated alkanes) is 8. The first-order chi connectivity index (χ1) is 12.3. The lowest BCUT2D eigenvalue weighted by molar-refractivity contribution is -0.144. The first kappa shape index (κ1) is 24.9. The van der Waals surface area contributed by atoms with Crippen LogP contribution in [0, 0.1) is 5.41 Å². The minimum Gasteiger partial charge on any atom is -0.466 e. The van der Waals surface area contributed by atoms with Crippen molar-refractivity contribution in [3.8, 4) is 0 Å². The van der Waals surface area contributed by atoms with Crippen molar-refractivity contribution in [1.29, 1.82) is 0 Å². The monoisotopic (exact) mass is 373 g/mol. The molecular formula is C20H39NO5. The molecule has 0 bridgehead atoms. The molecule has 0 aromatic carbocycles. The molecule has 0 aromatic heterocycles. The summed E-state index contributed by atoms with van der Waals surface area (Å²) in [6.45, 7) is 5.64. The Morgan fingerprint density at radius 3 is 2.08 bits per heavy atom. The van der Waals surface area contributed by atoms with Crippen LogP contribution in [0.4, 0.5) is 0 Å². The van der Waals surface area contributed by atoms with Gasteiger partial charge in [0.05, 0.1) is 19.6 Å². The predicted octanol–water partition coefficient (Wildman–Crippen LogP) is 2.95. The Labute approximate surface area is 158 Å². The molecule has 0 aliphatic carbocycles. The molecule has 0 saturated carbocycles. The zero-order chi connectivity index (χ0) is 19.8. The molecule has 0 unspecified atom stereocenters. The molecule has 0 saturated heterocycles. The molecule has 3 N–H and O–H groups in total. The van der Waals surface area contributed by atoms with E-state index in [0.717, 1.165) is 12.8 Å². The van der Waals surface area contributed by atoms with Gasteiger partial charge in [0.1, 0.15) is 6.10 Å². The SMILES string of the molecule is CCCCCCCCCCCOC(=O)CCNC(=O)[C@H](O)C(C)(C)CO. The van der Waals surface area contributed by atoms with E-state index in [2.05, 4.69) is 12.2 Å². The zero-order valence-corrected chi connectivity index (χ0v) is 16.9. The van der Waals surface area contributed by atoms with Gasteiger partial charge in [-0.2, -0.15) is 0 Å². The molecule has 0 aliphatic rings. The maximum Gasteiger partial charge on any atom is 0.307 e. The van der Waals surface area contributed by atoms with Gasteiger partial charge in [0, 0.05) is 12.0 Å². The van der Waals surface area contributed by atoms with Gasteiger partial charge in [-0.1, -0.05) is 72.1 Å². The molecule has 0 heterocycles. The van der Waals surface area contributed by atoms with Gasteiger partial charge in [0.15, 0.2) is 0 Å². The topological polar surface area (TPSA) is 95.9 Å². The molecule has 154 valence electrons. The normalized spacial score (nSPS) is 12.7. The van der Waals surface area contributed by atoms with Crippen molar-refractivity contribution in [2.45, 2.75) is 91.1 Å². The fourth-order valence-electron chi connectivity index (χ4n) is 2.50. The van der Waals surface area contributed by atoms with E-state index in [0.29, 0.717) is 6.61 Å². The van der Waals surface area contributed by atoms with Crippen LogP contribution in [-0.4, -0.2) is 48.0 Å². The largest absolute Gasteiger partial charge is 0.466 e. The quantitative estimate of drug-likeness (QED) is 0.285. The first-order valence-corrected chi connectivity index (χ1v) is 10.1. The Morgan fingerprint density at radius 1 is 1.00 bits per heavy atom. The van der Waals surface area contributed by atoms with Crippen LogP contribution in [0.1, 0.15) is 85.0 Å². The van der Waals surface area contributed by atoms with Crippen LogP contribution in [0.3, 0.4) is 0 Å². The third kappa shape index (κ3) is 12.3. The molecule has 0 fully saturated rings. The smallest absolute Gasteiger partial charge is 0.307 e. The summed E-state index contributed by atoms with van der Waals surface area (Å²) in [5.74, 6) is -0.934. The number of esters is 1. The third-order valence-corrected chi connectivity index (χ3v) is 4.54. The van der Waals surface area contributed by atoms with Gasteiger partial charge in [0.2, 0.25) is 5.91 Å². The van der Waals surface area contributed by atoms with Crippen molar-refractivity contribution < 1.29 is 24.5 Å². The number of amides is 1. The summed E-state index contributed by atoms with van der Waals surface area (Å²) in [5, 5.41) is 21.5. The first-order valence-electron chi connectivity index (χ1n) is 10.1. The van der Waals surface area contributed by atoms with Gasteiger partial charge in [-0.3, -0.25) is 9.59 Å². The summed E-state index contributed by atoms with van der Waals surface area (Å²) < 4.78 is 5.14. The van der Waals surface area contributed by atoms with Gasteiger partial charge in [-0.15, -0.1) is 0 Å². The van der Waals surface area contributed by atoms with Crippen molar-refractivity contribution in [1.82, 2.24) is 5.32 Å². The van der Waals surface area contributed by atoms with Gasteiger partial charge >= 0.3 is 5.97 Å². The summed E-state index contributed by atoms with van der Waals surface area (Å²) in [4.78, 5) is 23.4. The van der Waals surface area contributed by atoms with Crippen LogP contribution in [0.15, 0.2) is 0 Å². The van der Waals surface area contributed by atoms with Crippen LogP contribution in [-0.2, 0) is 14.3 Å². The second-order valence-electron chi connectivity index (χ2n) is 7.64. The number of hydrogen-bond acceptors (Lipinski definition) is 5. The van der Waals surface area contributed by atoms with Crippen LogP contribution >= 0.6 is 0 Å². The van der Waals surface area contributed by atoms with Gasteiger partial charge in [-0.25, -0.2) is 0 Å². The number of nitrogens with one attached hydrogen (secondary N) is 1. The lowest BCUT2D eigenvalue weighted by Crippen LogP contribution is -2.46. The van der Waals surface area contributed by atoms with E-state index in [9.17, 15) is 14.7 Å². The number of carbonyl (C=O) groups is 2. The molecule has 6 nitrogen and oxygen atoms in total. The molecule has 0 radical (unpaired) electrons. The minimum absolute atomic E-state index is 0.0788. The molecule has 6 heteroatoms. The van der Waals surface area contributed by atoms with Crippen LogP contribution in [0.25, 0.3) is 0 Å². The van der Waals surface area contributed by atoms with E-state index in [4.69, 9.17) is 9.84 Å². The Balaban J connectivity index is 3.57. The maximum absolute atomic E-state index is 11.7. The molecule has 1 atom stereocenters. The number of rotatable bonds is 16. The fraction of sp³-hybridized carbons (Fsp3) is 0.900. The highest BCUT2D eigenvalue weighted by Gasteiger charge is 2.32.